The largest absolute Gasteiger partial charge is 0.461 e. The predicted octanol–water partition coefficient (Wildman–Crippen LogP) is 4.38. The van der Waals surface area contributed by atoms with Gasteiger partial charge in [-0.05, 0) is 30.2 Å². The van der Waals surface area contributed by atoms with E-state index in [1.54, 1.807) is 18.4 Å². The van der Waals surface area contributed by atoms with E-state index in [9.17, 15) is 4.39 Å². The van der Waals surface area contributed by atoms with E-state index in [2.05, 4.69) is 17.1 Å². The molecule has 22 heavy (non-hydrogen) atoms. The van der Waals surface area contributed by atoms with Crippen LogP contribution in [0.4, 0.5) is 4.39 Å². The molecule has 0 spiro atoms. The number of thioether (sulfide) groups is 1. The Bertz CT molecular complexity index is 740. The molecule has 0 N–H and O–H groups in total. The van der Waals surface area contributed by atoms with Crippen LogP contribution in [0.25, 0.3) is 11.6 Å². The molecule has 2 heterocycles. The summed E-state index contributed by atoms with van der Waals surface area (Å²) in [4.78, 5) is 0. The van der Waals surface area contributed by atoms with Gasteiger partial charge in [-0.25, -0.2) is 4.39 Å². The molecule has 3 aromatic rings. The molecule has 0 saturated carbocycles. The number of furan rings is 1. The number of rotatable bonds is 6. The predicted molar refractivity (Wildman–Crippen MR) is 84.0 cm³/mol. The van der Waals surface area contributed by atoms with Crippen molar-refractivity contribution < 1.29 is 8.81 Å². The van der Waals surface area contributed by atoms with Crippen molar-refractivity contribution in [1.29, 1.82) is 0 Å². The fraction of sp³-hybridized carbons (Fsp3) is 0.250. The van der Waals surface area contributed by atoms with Gasteiger partial charge in [0.25, 0.3) is 0 Å². The quantitative estimate of drug-likeness (QED) is 0.633. The van der Waals surface area contributed by atoms with Gasteiger partial charge in [-0.1, -0.05) is 36.9 Å². The monoisotopic (exact) mass is 317 g/mol. The molecule has 3 rings (SSSR count). The Hall–Kier alpha value is -2.08. The third-order valence-corrected chi connectivity index (χ3v) is 4.24. The van der Waals surface area contributed by atoms with Gasteiger partial charge in [0.05, 0.1) is 6.26 Å². The molecule has 0 aliphatic rings. The molecule has 0 saturated heterocycles. The topological polar surface area (TPSA) is 43.9 Å². The van der Waals surface area contributed by atoms with Crippen LogP contribution in [0.3, 0.4) is 0 Å². The van der Waals surface area contributed by atoms with Gasteiger partial charge < -0.3 is 4.42 Å². The van der Waals surface area contributed by atoms with Crippen LogP contribution < -0.4 is 0 Å². The van der Waals surface area contributed by atoms with Gasteiger partial charge in [0.15, 0.2) is 16.7 Å². The zero-order valence-electron chi connectivity index (χ0n) is 12.2. The summed E-state index contributed by atoms with van der Waals surface area (Å²) in [6, 6.07) is 10.5. The lowest BCUT2D eigenvalue weighted by molar-refractivity contribution is 0.559. The summed E-state index contributed by atoms with van der Waals surface area (Å²) in [5, 5.41) is 9.22. The fourth-order valence-electron chi connectivity index (χ4n) is 2.17. The summed E-state index contributed by atoms with van der Waals surface area (Å²) in [6.45, 7) is 2.89. The minimum Gasteiger partial charge on any atom is -0.461 e. The summed E-state index contributed by atoms with van der Waals surface area (Å²) >= 11 is 1.48. The Morgan fingerprint density at radius 3 is 2.77 bits per heavy atom. The summed E-state index contributed by atoms with van der Waals surface area (Å²) in [6.07, 6.45) is 2.57. The lowest BCUT2D eigenvalue weighted by Crippen LogP contribution is -2.01. The number of nitrogens with zero attached hydrogens (tertiary/aromatic N) is 3. The van der Waals surface area contributed by atoms with Crippen LogP contribution in [-0.4, -0.2) is 14.8 Å². The maximum absolute atomic E-state index is 13.7. The van der Waals surface area contributed by atoms with Gasteiger partial charge >= 0.3 is 0 Å². The molecular formula is C16H16FN3OS. The lowest BCUT2D eigenvalue weighted by Gasteiger charge is -2.07. The van der Waals surface area contributed by atoms with E-state index < -0.39 is 0 Å². The summed E-state index contributed by atoms with van der Waals surface area (Å²) < 4.78 is 21.1. The first-order valence-corrected chi connectivity index (χ1v) is 8.11. The van der Waals surface area contributed by atoms with E-state index >= 15 is 0 Å². The highest BCUT2D eigenvalue weighted by atomic mass is 32.2. The maximum atomic E-state index is 13.7. The smallest absolute Gasteiger partial charge is 0.200 e. The van der Waals surface area contributed by atoms with Crippen LogP contribution in [0.5, 0.6) is 0 Å². The highest BCUT2D eigenvalue weighted by molar-refractivity contribution is 7.98. The zero-order valence-corrected chi connectivity index (χ0v) is 13.0. The van der Waals surface area contributed by atoms with Gasteiger partial charge in [0.2, 0.25) is 0 Å². The number of benzene rings is 1. The summed E-state index contributed by atoms with van der Waals surface area (Å²) in [5.74, 6) is 1.73. The molecule has 0 atom stereocenters. The van der Waals surface area contributed by atoms with Crippen molar-refractivity contribution in [3.63, 3.8) is 0 Å². The number of hydrogen-bond donors (Lipinski definition) is 0. The molecular weight excluding hydrogens is 301 g/mol. The minimum absolute atomic E-state index is 0.192. The van der Waals surface area contributed by atoms with Gasteiger partial charge in [0.1, 0.15) is 5.82 Å². The van der Waals surface area contributed by atoms with Crippen molar-refractivity contribution in [1.82, 2.24) is 14.8 Å². The van der Waals surface area contributed by atoms with E-state index in [1.807, 2.05) is 22.8 Å². The van der Waals surface area contributed by atoms with Crippen LogP contribution in [0.15, 0.2) is 52.2 Å². The van der Waals surface area contributed by atoms with Gasteiger partial charge in [-0.15, -0.1) is 10.2 Å². The van der Waals surface area contributed by atoms with Crippen LogP contribution in [-0.2, 0) is 12.3 Å². The van der Waals surface area contributed by atoms with E-state index in [-0.39, 0.29) is 5.82 Å². The SMILES string of the molecule is CCCn1c(SCc2ccccc2F)nnc1-c1ccco1. The highest BCUT2D eigenvalue weighted by Crippen LogP contribution is 2.27. The second kappa shape index (κ2) is 6.79. The molecule has 6 heteroatoms. The highest BCUT2D eigenvalue weighted by Gasteiger charge is 2.16. The molecule has 0 aliphatic heterocycles. The van der Waals surface area contributed by atoms with E-state index in [4.69, 9.17) is 4.42 Å². The molecule has 0 radical (unpaired) electrons. The first-order valence-electron chi connectivity index (χ1n) is 7.13. The number of halogens is 1. The molecule has 1 aromatic carbocycles. The average Bonchev–Trinajstić information content (AvgIpc) is 3.16. The lowest BCUT2D eigenvalue weighted by atomic mass is 10.2. The Labute approximate surface area is 132 Å². The van der Waals surface area contributed by atoms with Crippen LogP contribution in [0.1, 0.15) is 18.9 Å². The molecule has 0 bridgehead atoms. The first kappa shape index (κ1) is 14.8. The Kier molecular flexibility index (Phi) is 4.58. The van der Waals surface area contributed by atoms with E-state index in [0.29, 0.717) is 22.9 Å². The third kappa shape index (κ3) is 3.06. The van der Waals surface area contributed by atoms with Crippen molar-refractivity contribution in [3.8, 4) is 11.6 Å². The molecule has 0 fully saturated rings. The van der Waals surface area contributed by atoms with E-state index in [0.717, 1.165) is 18.1 Å². The fourth-order valence-corrected chi connectivity index (χ4v) is 3.12. The molecule has 0 unspecified atom stereocenters. The van der Waals surface area contributed by atoms with Crippen LogP contribution >= 0.6 is 11.8 Å². The maximum Gasteiger partial charge on any atom is 0.200 e. The molecule has 2 aromatic heterocycles. The van der Waals surface area contributed by atoms with Gasteiger partial charge in [-0.2, -0.15) is 0 Å². The van der Waals surface area contributed by atoms with Crippen molar-refractivity contribution in [2.75, 3.05) is 0 Å². The Balaban J connectivity index is 1.83. The molecule has 0 amide bonds. The normalized spacial score (nSPS) is 11.0. The molecule has 0 aliphatic carbocycles. The average molecular weight is 317 g/mol. The van der Waals surface area contributed by atoms with Crippen molar-refractivity contribution in [2.45, 2.75) is 30.8 Å². The number of aromatic nitrogens is 3. The number of hydrogen-bond acceptors (Lipinski definition) is 4. The van der Waals surface area contributed by atoms with Crippen molar-refractivity contribution >= 4 is 11.8 Å². The van der Waals surface area contributed by atoms with Crippen LogP contribution in [0, 0.1) is 5.82 Å². The molecule has 4 nitrogen and oxygen atoms in total. The minimum atomic E-state index is -0.192. The van der Waals surface area contributed by atoms with Gasteiger partial charge in [-0.3, -0.25) is 4.57 Å². The summed E-state index contributed by atoms with van der Waals surface area (Å²) in [5.41, 5.74) is 0.665. The Morgan fingerprint density at radius 1 is 1.18 bits per heavy atom. The second-order valence-corrected chi connectivity index (χ2v) is 5.76. The first-order chi connectivity index (χ1) is 10.8. The van der Waals surface area contributed by atoms with Crippen LogP contribution in [0.2, 0.25) is 0 Å². The third-order valence-electron chi connectivity index (χ3n) is 3.22. The molecule has 114 valence electrons. The Morgan fingerprint density at radius 2 is 2.05 bits per heavy atom. The van der Waals surface area contributed by atoms with Crippen molar-refractivity contribution in [3.05, 3.63) is 54.0 Å². The van der Waals surface area contributed by atoms with E-state index in [1.165, 1.54) is 17.8 Å². The summed E-state index contributed by atoms with van der Waals surface area (Å²) in [7, 11) is 0. The van der Waals surface area contributed by atoms with Gasteiger partial charge in [0, 0.05) is 12.3 Å². The zero-order chi connectivity index (χ0) is 15.4. The second-order valence-electron chi connectivity index (χ2n) is 4.82. The standard InChI is InChI=1S/C16H16FN3OS/c1-2-9-20-15(14-8-5-10-21-14)18-19-16(20)22-11-12-6-3-4-7-13(12)17/h3-8,10H,2,9,11H2,1H3. The van der Waals surface area contributed by atoms with Crippen molar-refractivity contribution in [2.24, 2.45) is 0 Å².